The maximum atomic E-state index is 5.76. The first-order chi connectivity index (χ1) is 25.5. The Hall–Kier alpha value is -3.41. The summed E-state index contributed by atoms with van der Waals surface area (Å²) < 4.78 is 29.1. The van der Waals surface area contributed by atoms with Gasteiger partial charge < -0.3 is 28.1 Å². The third-order valence-electron chi connectivity index (χ3n) is 9.10. The predicted octanol–water partition coefficient (Wildman–Crippen LogP) is 11.1. The summed E-state index contributed by atoms with van der Waals surface area (Å²) in [5, 5.41) is 0. The van der Waals surface area contributed by atoms with Crippen molar-refractivity contribution in [2.75, 3.05) is 41.7 Å². The van der Waals surface area contributed by atoms with Crippen molar-refractivity contribution >= 4 is 76.5 Å². The molecule has 2 aromatic heterocycles. The largest absolute Gasteiger partial charge is 0.494 e. The first kappa shape index (κ1) is 40.8. The summed E-state index contributed by atoms with van der Waals surface area (Å²) in [6, 6.07) is 21.1. The molecule has 0 radical (unpaired) electrons. The van der Waals surface area contributed by atoms with Gasteiger partial charge >= 0.3 is 0 Å². The van der Waals surface area contributed by atoms with E-state index < -0.39 is 0 Å². The average Bonchev–Trinajstić information content (AvgIpc) is 3.74. The van der Waals surface area contributed by atoms with Crippen molar-refractivity contribution in [2.45, 2.75) is 52.6 Å². The number of halogens is 3. The number of fused-ring (bicyclic) bond motifs is 2. The van der Waals surface area contributed by atoms with Crippen LogP contribution in [0.4, 0.5) is 0 Å². The van der Waals surface area contributed by atoms with Gasteiger partial charge in [0.1, 0.15) is 45.2 Å². The number of ether oxygens (including phenoxy) is 4. The fourth-order valence-electron chi connectivity index (χ4n) is 6.19. The van der Waals surface area contributed by atoms with E-state index in [1.165, 1.54) is 11.1 Å². The zero-order valence-corrected chi connectivity index (χ0v) is 36.7. The molecule has 0 spiro atoms. The van der Waals surface area contributed by atoms with Gasteiger partial charge in [0.2, 0.25) is 0 Å². The van der Waals surface area contributed by atoms with Gasteiger partial charge in [0, 0.05) is 46.5 Å². The molecule has 0 fully saturated rings. The number of methoxy groups -OCH3 is 4. The Morgan fingerprint density at radius 3 is 1.55 bits per heavy atom. The highest BCUT2D eigenvalue weighted by atomic mass is 127. The van der Waals surface area contributed by atoms with Crippen molar-refractivity contribution < 1.29 is 18.9 Å². The highest BCUT2D eigenvalue weighted by Crippen LogP contribution is 2.39. The lowest BCUT2D eigenvalue weighted by atomic mass is 10.0. The molecule has 4 aromatic carbocycles. The van der Waals surface area contributed by atoms with Gasteiger partial charge in [0.05, 0.1) is 37.5 Å². The molecule has 0 bridgehead atoms. The van der Waals surface area contributed by atoms with Gasteiger partial charge in [-0.3, -0.25) is 0 Å². The highest BCUT2D eigenvalue weighted by molar-refractivity contribution is 14.1. The Balaban J connectivity index is 0.000000204. The normalized spacial score (nSPS) is 11.3. The number of terminal acetylenes is 1. The standard InChI is InChI=1S/C22H23BrN2O2.C20H22BrIN2O2/c1-6-17-18(23)13-19(27-5)21-20(17)24-22(25(21)11-12-26-4)16-9-7-15(8-10-16)14(2)3;1-12(2)13-5-7-14(8-6-13)20-23-18-17(21)15(22)11-16(26-4)19(18)24(20)9-10-25-3/h1,7-10,13-14H,11-12H2,2-5H3;5-8,11-12H,9-10H2,1-4H3. The molecule has 0 aliphatic carbocycles. The molecular weight excluding hydrogens is 911 g/mol. The lowest BCUT2D eigenvalue weighted by Crippen LogP contribution is -2.07. The molecule has 0 saturated carbocycles. The number of rotatable bonds is 12. The topological polar surface area (TPSA) is 72.6 Å². The quantitative estimate of drug-likeness (QED) is 0.0899. The van der Waals surface area contributed by atoms with Gasteiger partial charge in [-0.1, -0.05) is 82.1 Å². The first-order valence-corrected chi connectivity index (χ1v) is 20.0. The number of benzene rings is 4. The van der Waals surface area contributed by atoms with Crippen LogP contribution in [-0.4, -0.2) is 60.8 Å². The molecule has 278 valence electrons. The van der Waals surface area contributed by atoms with Crippen molar-refractivity contribution in [1.82, 2.24) is 19.1 Å². The van der Waals surface area contributed by atoms with Crippen molar-refractivity contribution in [1.29, 1.82) is 0 Å². The maximum absolute atomic E-state index is 5.76. The predicted molar refractivity (Wildman–Crippen MR) is 231 cm³/mol. The molecule has 6 aromatic rings. The van der Waals surface area contributed by atoms with Crippen molar-refractivity contribution in [3.63, 3.8) is 0 Å². The molecule has 0 N–H and O–H groups in total. The van der Waals surface area contributed by atoms with Crippen LogP contribution in [0.3, 0.4) is 0 Å². The van der Waals surface area contributed by atoms with E-state index in [4.69, 9.17) is 35.3 Å². The van der Waals surface area contributed by atoms with Crippen LogP contribution in [0.15, 0.2) is 69.6 Å². The summed E-state index contributed by atoms with van der Waals surface area (Å²) >= 11 is 9.53. The number of hydrogen-bond donors (Lipinski definition) is 0. The third kappa shape index (κ3) is 8.62. The molecule has 0 saturated heterocycles. The Morgan fingerprint density at radius 2 is 1.13 bits per heavy atom. The highest BCUT2D eigenvalue weighted by Gasteiger charge is 2.22. The molecule has 0 unspecified atom stereocenters. The minimum absolute atomic E-state index is 0.482. The molecule has 2 heterocycles. The van der Waals surface area contributed by atoms with E-state index in [9.17, 15) is 0 Å². The van der Waals surface area contributed by atoms with Crippen molar-refractivity contribution in [3.8, 4) is 46.6 Å². The molecule has 0 aliphatic heterocycles. The number of aromatic nitrogens is 4. The van der Waals surface area contributed by atoms with Gasteiger partial charge in [-0.05, 0) is 89.5 Å². The van der Waals surface area contributed by atoms with E-state index in [0.29, 0.717) is 38.1 Å². The molecule has 11 heteroatoms. The van der Waals surface area contributed by atoms with Crippen molar-refractivity contribution in [3.05, 3.63) is 89.9 Å². The molecule has 53 heavy (non-hydrogen) atoms. The lowest BCUT2D eigenvalue weighted by Gasteiger charge is -2.12. The van der Waals surface area contributed by atoms with Gasteiger partial charge in [-0.25, -0.2) is 9.97 Å². The van der Waals surface area contributed by atoms with Crippen LogP contribution in [0.25, 0.3) is 44.8 Å². The van der Waals surface area contributed by atoms with Gasteiger partial charge in [0.15, 0.2) is 0 Å². The Kier molecular flexibility index (Phi) is 14.1. The van der Waals surface area contributed by atoms with Gasteiger partial charge in [0.25, 0.3) is 0 Å². The first-order valence-electron chi connectivity index (χ1n) is 17.3. The van der Waals surface area contributed by atoms with E-state index in [-0.39, 0.29) is 0 Å². The minimum Gasteiger partial charge on any atom is -0.494 e. The molecule has 0 aliphatic rings. The number of nitrogens with zero attached hydrogens (tertiary/aromatic N) is 4. The third-order valence-corrected chi connectivity index (χ3v) is 12.1. The Bertz CT molecular complexity index is 2240. The average molecular weight is 957 g/mol. The summed E-state index contributed by atoms with van der Waals surface area (Å²) in [6.07, 6.45) is 5.76. The summed E-state index contributed by atoms with van der Waals surface area (Å²) in [4.78, 5) is 9.86. The second kappa shape index (κ2) is 18.3. The van der Waals surface area contributed by atoms with Crippen LogP contribution >= 0.6 is 54.5 Å². The minimum atomic E-state index is 0.482. The summed E-state index contributed by atoms with van der Waals surface area (Å²) in [5.41, 5.74) is 8.99. The van der Waals surface area contributed by atoms with E-state index in [1.54, 1.807) is 28.4 Å². The summed E-state index contributed by atoms with van der Waals surface area (Å²) in [7, 11) is 6.76. The van der Waals surface area contributed by atoms with E-state index >= 15 is 0 Å². The monoisotopic (exact) mass is 954 g/mol. The second-order valence-corrected chi connectivity index (χ2v) is 15.9. The lowest BCUT2D eigenvalue weighted by molar-refractivity contribution is 0.188. The molecule has 0 atom stereocenters. The molecule has 6 rings (SSSR count). The van der Waals surface area contributed by atoms with Crippen LogP contribution < -0.4 is 9.47 Å². The van der Waals surface area contributed by atoms with Crippen LogP contribution in [0.5, 0.6) is 11.5 Å². The van der Waals surface area contributed by atoms with E-state index in [2.05, 4.69) is 146 Å². The maximum Gasteiger partial charge on any atom is 0.146 e. The number of imidazole rings is 2. The zero-order valence-electron chi connectivity index (χ0n) is 31.4. The second-order valence-electron chi connectivity index (χ2n) is 13.1. The molecule has 0 amide bonds. The Labute approximate surface area is 343 Å². The molecule has 8 nitrogen and oxygen atoms in total. The SMILES string of the molecule is C#Cc1c(Br)cc(OC)c2c1nc(-c1ccc(C(C)C)cc1)n2CCOC.COCCn1c(-c2ccc(C(C)C)cc2)nc2c(Br)c(I)cc(OC)c21. The summed E-state index contributed by atoms with van der Waals surface area (Å²) in [6.45, 7) is 11.3. The number of hydrogen-bond acceptors (Lipinski definition) is 6. The van der Waals surface area contributed by atoms with E-state index in [1.807, 2.05) is 12.1 Å². The fourth-order valence-corrected chi connectivity index (χ4v) is 7.62. The van der Waals surface area contributed by atoms with Crippen LogP contribution in [0, 0.1) is 15.9 Å². The van der Waals surface area contributed by atoms with E-state index in [0.717, 1.165) is 74.4 Å². The summed E-state index contributed by atoms with van der Waals surface area (Å²) in [5.74, 6) is 7.06. The fraction of sp³-hybridized carbons (Fsp3) is 0.333. The van der Waals surface area contributed by atoms with Crippen molar-refractivity contribution in [2.24, 2.45) is 0 Å². The smallest absolute Gasteiger partial charge is 0.146 e. The Morgan fingerprint density at radius 1 is 0.698 bits per heavy atom. The van der Waals surface area contributed by atoms with Crippen LogP contribution in [-0.2, 0) is 22.6 Å². The van der Waals surface area contributed by atoms with Gasteiger partial charge in [-0.15, -0.1) is 6.42 Å². The van der Waals surface area contributed by atoms with Gasteiger partial charge in [-0.2, -0.15) is 0 Å². The van der Waals surface area contributed by atoms with Crippen LogP contribution in [0.2, 0.25) is 0 Å². The zero-order chi connectivity index (χ0) is 38.4. The molecular formula is C42H45Br2IN4O4. The van der Waals surface area contributed by atoms with Crippen LogP contribution in [0.1, 0.15) is 56.2 Å².